The van der Waals surface area contributed by atoms with E-state index in [1.54, 1.807) is 9.96 Å². The highest BCUT2D eigenvalue weighted by Gasteiger charge is 2.32. The van der Waals surface area contributed by atoms with Crippen LogP contribution < -0.4 is 0 Å². The number of benzene rings is 2. The monoisotopic (exact) mass is 451 g/mol. The highest BCUT2D eigenvalue weighted by molar-refractivity contribution is 5.75. The molecule has 7 nitrogen and oxygen atoms in total. The SMILES string of the molecule is CC(C)(C)C(=O)ON1CCN(Cc2ccc(CN3C[C@@H](c4ccccc4)OC3=O)cc2)CC1. The third-order valence-corrected chi connectivity index (χ3v) is 6.02. The largest absolute Gasteiger partial charge is 0.439 e. The minimum atomic E-state index is -0.493. The van der Waals surface area contributed by atoms with Crippen LogP contribution in [0.1, 0.15) is 43.6 Å². The molecule has 2 fully saturated rings. The average molecular weight is 452 g/mol. The lowest BCUT2D eigenvalue weighted by Crippen LogP contribution is -2.47. The van der Waals surface area contributed by atoms with Crippen molar-refractivity contribution in [3.8, 4) is 0 Å². The predicted octanol–water partition coefficient (Wildman–Crippen LogP) is 4.00. The van der Waals surface area contributed by atoms with E-state index in [1.165, 1.54) is 5.56 Å². The molecular formula is C26H33N3O4. The Bertz CT molecular complexity index is 948. The van der Waals surface area contributed by atoms with Crippen molar-refractivity contribution in [1.82, 2.24) is 14.9 Å². The lowest BCUT2D eigenvalue weighted by atomic mass is 9.98. The Balaban J connectivity index is 1.24. The van der Waals surface area contributed by atoms with Crippen molar-refractivity contribution in [2.45, 2.75) is 40.0 Å². The van der Waals surface area contributed by atoms with Crippen LogP contribution in [-0.4, -0.2) is 59.6 Å². The molecule has 0 N–H and O–H groups in total. The zero-order chi connectivity index (χ0) is 23.4. The van der Waals surface area contributed by atoms with E-state index in [0.717, 1.165) is 30.8 Å². The fourth-order valence-electron chi connectivity index (χ4n) is 3.94. The van der Waals surface area contributed by atoms with Crippen molar-refractivity contribution in [3.63, 3.8) is 0 Å². The first-order valence-corrected chi connectivity index (χ1v) is 11.6. The molecule has 0 aromatic heterocycles. The van der Waals surface area contributed by atoms with Gasteiger partial charge in [-0.3, -0.25) is 9.80 Å². The number of hydrogen-bond donors (Lipinski definition) is 0. The topological polar surface area (TPSA) is 62.3 Å². The van der Waals surface area contributed by atoms with Crippen molar-refractivity contribution in [2.75, 3.05) is 32.7 Å². The summed E-state index contributed by atoms with van der Waals surface area (Å²) in [6.07, 6.45) is -0.475. The van der Waals surface area contributed by atoms with Crippen LogP contribution in [0.15, 0.2) is 54.6 Å². The van der Waals surface area contributed by atoms with E-state index in [-0.39, 0.29) is 18.2 Å². The van der Waals surface area contributed by atoms with E-state index in [1.807, 2.05) is 51.1 Å². The number of rotatable bonds is 6. The number of hydroxylamine groups is 2. The van der Waals surface area contributed by atoms with Gasteiger partial charge in [-0.1, -0.05) is 54.6 Å². The molecule has 1 amide bonds. The lowest BCUT2D eigenvalue weighted by molar-refractivity contribution is -0.207. The van der Waals surface area contributed by atoms with Crippen LogP contribution in [-0.2, 0) is 27.5 Å². The molecule has 7 heteroatoms. The highest BCUT2D eigenvalue weighted by Crippen LogP contribution is 2.27. The number of cyclic esters (lactones) is 1. The second kappa shape index (κ2) is 9.93. The molecule has 0 unspecified atom stereocenters. The molecule has 0 spiro atoms. The van der Waals surface area contributed by atoms with Crippen LogP contribution >= 0.6 is 0 Å². The van der Waals surface area contributed by atoms with E-state index in [9.17, 15) is 9.59 Å². The van der Waals surface area contributed by atoms with E-state index in [2.05, 4.69) is 29.2 Å². The summed E-state index contributed by atoms with van der Waals surface area (Å²) >= 11 is 0. The van der Waals surface area contributed by atoms with Crippen LogP contribution in [0, 0.1) is 5.41 Å². The van der Waals surface area contributed by atoms with Gasteiger partial charge in [0.15, 0.2) is 0 Å². The van der Waals surface area contributed by atoms with Gasteiger partial charge >= 0.3 is 12.1 Å². The lowest BCUT2D eigenvalue weighted by Gasteiger charge is -2.34. The molecule has 0 radical (unpaired) electrons. The molecule has 2 aliphatic rings. The minimum absolute atomic E-state index is 0.191. The molecule has 176 valence electrons. The zero-order valence-electron chi connectivity index (χ0n) is 19.7. The van der Waals surface area contributed by atoms with Gasteiger partial charge in [0.2, 0.25) is 0 Å². The fourth-order valence-corrected chi connectivity index (χ4v) is 3.94. The van der Waals surface area contributed by atoms with Gasteiger partial charge in [0.25, 0.3) is 0 Å². The molecule has 2 saturated heterocycles. The molecule has 2 aromatic rings. The van der Waals surface area contributed by atoms with Crippen LogP contribution in [0.3, 0.4) is 0 Å². The Hall–Kier alpha value is -2.90. The maximum absolute atomic E-state index is 12.3. The quantitative estimate of drug-likeness (QED) is 0.662. The number of hydrogen-bond acceptors (Lipinski definition) is 6. The summed E-state index contributed by atoms with van der Waals surface area (Å²) in [4.78, 5) is 34.0. The van der Waals surface area contributed by atoms with Gasteiger partial charge in [-0.25, -0.2) is 9.59 Å². The summed E-state index contributed by atoms with van der Waals surface area (Å²) in [6, 6.07) is 18.3. The first kappa shape index (κ1) is 23.3. The van der Waals surface area contributed by atoms with Gasteiger partial charge in [0.05, 0.1) is 12.0 Å². The van der Waals surface area contributed by atoms with E-state index < -0.39 is 5.41 Å². The number of amides is 1. The molecule has 0 bridgehead atoms. The van der Waals surface area contributed by atoms with Crippen LogP contribution in [0.5, 0.6) is 0 Å². The molecule has 4 rings (SSSR count). The first-order chi connectivity index (χ1) is 15.8. The molecule has 2 heterocycles. The third-order valence-electron chi connectivity index (χ3n) is 6.02. The summed E-state index contributed by atoms with van der Waals surface area (Å²) in [6.45, 7) is 10.7. The van der Waals surface area contributed by atoms with Gasteiger partial charge in [-0.15, -0.1) is 5.06 Å². The third kappa shape index (κ3) is 6.12. The first-order valence-electron chi connectivity index (χ1n) is 11.6. The molecule has 1 atom stereocenters. The maximum Gasteiger partial charge on any atom is 0.410 e. The Morgan fingerprint density at radius 2 is 1.55 bits per heavy atom. The van der Waals surface area contributed by atoms with Crippen molar-refractivity contribution in [2.24, 2.45) is 5.41 Å². The Kier molecular flexibility index (Phi) is 7.00. The summed E-state index contributed by atoms with van der Waals surface area (Å²) in [5.41, 5.74) is 2.85. The number of piperazine rings is 1. The van der Waals surface area contributed by atoms with Gasteiger partial charge < -0.3 is 9.57 Å². The summed E-state index contributed by atoms with van der Waals surface area (Å²) in [5.74, 6) is -0.191. The zero-order valence-corrected chi connectivity index (χ0v) is 19.7. The maximum atomic E-state index is 12.3. The van der Waals surface area contributed by atoms with E-state index in [4.69, 9.17) is 9.57 Å². The average Bonchev–Trinajstić information content (AvgIpc) is 3.16. The second-order valence-electron chi connectivity index (χ2n) is 9.81. The highest BCUT2D eigenvalue weighted by atomic mass is 16.7. The Morgan fingerprint density at radius 3 is 2.15 bits per heavy atom. The van der Waals surface area contributed by atoms with Crippen molar-refractivity contribution in [3.05, 3.63) is 71.3 Å². The summed E-state index contributed by atoms with van der Waals surface area (Å²) in [7, 11) is 0. The van der Waals surface area contributed by atoms with Gasteiger partial charge in [-0.2, -0.15) is 0 Å². The second-order valence-corrected chi connectivity index (χ2v) is 9.81. The van der Waals surface area contributed by atoms with Crippen LogP contribution in [0.4, 0.5) is 4.79 Å². The molecule has 0 saturated carbocycles. The molecule has 0 aliphatic carbocycles. The van der Waals surface area contributed by atoms with Crippen molar-refractivity contribution < 1.29 is 19.2 Å². The molecule has 33 heavy (non-hydrogen) atoms. The van der Waals surface area contributed by atoms with E-state index in [0.29, 0.717) is 26.2 Å². The van der Waals surface area contributed by atoms with Gasteiger partial charge in [0, 0.05) is 39.3 Å². The number of ether oxygens (including phenoxy) is 1. The number of carbonyl (C=O) groups is 2. The fraction of sp³-hybridized carbons (Fsp3) is 0.462. The van der Waals surface area contributed by atoms with E-state index >= 15 is 0 Å². The standard InChI is InChI=1S/C26H33N3O4/c1-26(2,3)24(30)33-29-15-13-27(14-16-29)17-20-9-11-21(12-10-20)18-28-19-23(32-25(28)31)22-7-5-4-6-8-22/h4-12,23H,13-19H2,1-3H3/t23-/m0/s1. The molecule has 2 aromatic carbocycles. The van der Waals surface area contributed by atoms with Crippen LogP contribution in [0.2, 0.25) is 0 Å². The number of carbonyl (C=O) groups excluding carboxylic acids is 2. The number of nitrogens with zero attached hydrogens (tertiary/aromatic N) is 3. The van der Waals surface area contributed by atoms with Gasteiger partial charge in [0.1, 0.15) is 6.10 Å². The minimum Gasteiger partial charge on any atom is -0.439 e. The van der Waals surface area contributed by atoms with Crippen molar-refractivity contribution in [1.29, 1.82) is 0 Å². The van der Waals surface area contributed by atoms with Crippen LogP contribution in [0.25, 0.3) is 0 Å². The Labute approximate surface area is 195 Å². The molecule has 2 aliphatic heterocycles. The predicted molar refractivity (Wildman–Crippen MR) is 125 cm³/mol. The summed E-state index contributed by atoms with van der Waals surface area (Å²) in [5, 5.41) is 1.77. The normalized spacial score (nSPS) is 20.0. The summed E-state index contributed by atoms with van der Waals surface area (Å²) < 4.78 is 5.55. The smallest absolute Gasteiger partial charge is 0.410 e. The van der Waals surface area contributed by atoms with Crippen molar-refractivity contribution >= 4 is 12.1 Å². The van der Waals surface area contributed by atoms with Gasteiger partial charge in [-0.05, 0) is 37.5 Å². The Morgan fingerprint density at radius 1 is 0.939 bits per heavy atom. The molecular weight excluding hydrogens is 418 g/mol.